The van der Waals surface area contributed by atoms with Crippen LogP contribution in [0.4, 0.5) is 0 Å². The number of carbonyl (C=O) groups is 1. The van der Waals surface area contributed by atoms with Crippen LogP contribution in [-0.4, -0.2) is 23.6 Å². The number of rotatable bonds is 6. The summed E-state index contributed by atoms with van der Waals surface area (Å²) in [4.78, 5) is 17.5. The van der Waals surface area contributed by atoms with Crippen LogP contribution in [0.1, 0.15) is 49.4 Å². The van der Waals surface area contributed by atoms with Gasteiger partial charge in [0.15, 0.2) is 0 Å². The highest BCUT2D eigenvalue weighted by atomic mass is 32.1. The van der Waals surface area contributed by atoms with Gasteiger partial charge in [-0.15, -0.1) is 11.3 Å². The molecule has 1 aliphatic rings. The fourth-order valence-corrected chi connectivity index (χ4v) is 3.49. The minimum absolute atomic E-state index is 0.0264. The summed E-state index contributed by atoms with van der Waals surface area (Å²) in [5.41, 5.74) is 0. The Morgan fingerprint density at radius 2 is 2.35 bits per heavy atom. The van der Waals surface area contributed by atoms with Crippen molar-refractivity contribution in [3.8, 4) is 0 Å². The quantitative estimate of drug-likeness (QED) is 0.820. The van der Waals surface area contributed by atoms with Crippen LogP contribution in [0.15, 0.2) is 6.20 Å². The number of hydrogen-bond donors (Lipinski definition) is 1. The van der Waals surface area contributed by atoms with E-state index in [9.17, 15) is 4.79 Å². The van der Waals surface area contributed by atoms with Gasteiger partial charge in [-0.1, -0.05) is 13.3 Å². The molecule has 1 aromatic heterocycles. The van der Waals surface area contributed by atoms with Crippen molar-refractivity contribution in [2.75, 3.05) is 6.61 Å². The summed E-state index contributed by atoms with van der Waals surface area (Å²) in [7, 11) is 0. The van der Waals surface area contributed by atoms with E-state index < -0.39 is 0 Å². The second kappa shape index (κ2) is 7.74. The first kappa shape index (κ1) is 15.4. The van der Waals surface area contributed by atoms with Crippen LogP contribution >= 0.6 is 11.3 Å². The monoisotopic (exact) mass is 296 g/mol. The molecule has 0 aliphatic heterocycles. The Balaban J connectivity index is 1.79. The van der Waals surface area contributed by atoms with Gasteiger partial charge >= 0.3 is 5.97 Å². The maximum absolute atomic E-state index is 11.8. The van der Waals surface area contributed by atoms with E-state index in [0.717, 1.165) is 43.7 Å². The molecule has 2 atom stereocenters. The number of nitrogens with one attached hydrogen (secondary N) is 1. The molecule has 1 fully saturated rings. The number of aryl methyl sites for hydroxylation is 1. The summed E-state index contributed by atoms with van der Waals surface area (Å²) in [6.45, 7) is 5.30. The van der Waals surface area contributed by atoms with Crippen LogP contribution in [0.5, 0.6) is 0 Å². The van der Waals surface area contributed by atoms with Crippen molar-refractivity contribution in [3.63, 3.8) is 0 Å². The molecule has 1 aromatic rings. The number of aromatic nitrogens is 1. The third-order valence-corrected chi connectivity index (χ3v) is 4.93. The van der Waals surface area contributed by atoms with E-state index in [2.05, 4.69) is 17.2 Å². The SMILES string of the molecule is CCOC(=O)C1CCCC(NCc2ncc(CC)s2)C1. The topological polar surface area (TPSA) is 51.2 Å². The van der Waals surface area contributed by atoms with Crippen LogP contribution in [0, 0.1) is 5.92 Å². The lowest BCUT2D eigenvalue weighted by Gasteiger charge is -2.28. The van der Waals surface area contributed by atoms with Crippen molar-refractivity contribution in [2.45, 2.75) is 58.5 Å². The fourth-order valence-electron chi connectivity index (χ4n) is 2.67. The van der Waals surface area contributed by atoms with Crippen LogP contribution in [0.3, 0.4) is 0 Å². The first-order valence-corrected chi connectivity index (χ1v) is 8.38. The van der Waals surface area contributed by atoms with Crippen LogP contribution in [0.2, 0.25) is 0 Å². The largest absolute Gasteiger partial charge is 0.466 e. The van der Waals surface area contributed by atoms with Gasteiger partial charge < -0.3 is 10.1 Å². The molecule has 2 unspecified atom stereocenters. The molecule has 0 bridgehead atoms. The van der Waals surface area contributed by atoms with Gasteiger partial charge in [-0.05, 0) is 32.6 Å². The summed E-state index contributed by atoms with van der Waals surface area (Å²) in [5, 5.41) is 4.68. The predicted octanol–water partition coefficient (Wildman–Crippen LogP) is 2.92. The molecule has 1 N–H and O–H groups in total. The van der Waals surface area contributed by atoms with Gasteiger partial charge in [0, 0.05) is 23.7 Å². The van der Waals surface area contributed by atoms with E-state index in [-0.39, 0.29) is 11.9 Å². The lowest BCUT2D eigenvalue weighted by Crippen LogP contribution is -2.36. The highest BCUT2D eigenvalue weighted by Gasteiger charge is 2.27. The standard InChI is InChI=1S/C15H24N2O2S/c1-3-13-9-17-14(20-13)10-16-12-7-5-6-11(8-12)15(18)19-4-2/h9,11-12,16H,3-8,10H2,1-2H3. The number of hydrogen-bond acceptors (Lipinski definition) is 5. The van der Waals surface area contributed by atoms with E-state index >= 15 is 0 Å². The number of thiazole rings is 1. The summed E-state index contributed by atoms with van der Waals surface area (Å²) in [6, 6.07) is 0.409. The van der Waals surface area contributed by atoms with Crippen LogP contribution < -0.4 is 5.32 Å². The van der Waals surface area contributed by atoms with E-state index in [4.69, 9.17) is 4.74 Å². The molecule has 2 rings (SSSR count). The van der Waals surface area contributed by atoms with Gasteiger partial charge in [-0.25, -0.2) is 4.98 Å². The summed E-state index contributed by atoms with van der Waals surface area (Å²) in [6.07, 6.45) is 7.11. The number of esters is 1. The molecular formula is C15H24N2O2S. The average molecular weight is 296 g/mol. The van der Waals surface area contributed by atoms with Gasteiger partial charge in [0.2, 0.25) is 0 Å². The zero-order valence-corrected chi connectivity index (χ0v) is 13.2. The van der Waals surface area contributed by atoms with E-state index in [1.807, 2.05) is 13.1 Å². The summed E-state index contributed by atoms with van der Waals surface area (Å²) < 4.78 is 5.13. The first-order valence-electron chi connectivity index (χ1n) is 7.56. The first-order chi connectivity index (χ1) is 9.72. The number of nitrogens with zero attached hydrogens (tertiary/aromatic N) is 1. The predicted molar refractivity (Wildman–Crippen MR) is 80.7 cm³/mol. The minimum Gasteiger partial charge on any atom is -0.466 e. The lowest BCUT2D eigenvalue weighted by molar-refractivity contribution is -0.149. The minimum atomic E-state index is -0.0264. The van der Waals surface area contributed by atoms with Crippen LogP contribution in [0.25, 0.3) is 0 Å². The van der Waals surface area contributed by atoms with Crippen molar-refractivity contribution in [1.29, 1.82) is 0 Å². The molecule has 0 spiro atoms. The van der Waals surface area contributed by atoms with Gasteiger partial charge in [0.05, 0.1) is 12.5 Å². The Labute approximate surface area is 124 Å². The molecule has 0 radical (unpaired) electrons. The van der Waals surface area contributed by atoms with Gasteiger partial charge in [-0.3, -0.25) is 4.79 Å². The Morgan fingerprint density at radius 3 is 3.05 bits per heavy atom. The van der Waals surface area contributed by atoms with E-state index in [1.165, 1.54) is 4.88 Å². The summed E-state index contributed by atoms with van der Waals surface area (Å²) in [5.74, 6) is 0.0465. The second-order valence-corrected chi connectivity index (χ2v) is 6.47. The fraction of sp³-hybridized carbons (Fsp3) is 0.733. The third kappa shape index (κ3) is 4.28. The van der Waals surface area contributed by atoms with E-state index in [1.54, 1.807) is 11.3 Å². The van der Waals surface area contributed by atoms with Gasteiger partial charge in [-0.2, -0.15) is 0 Å². The van der Waals surface area contributed by atoms with Gasteiger partial charge in [0.25, 0.3) is 0 Å². The van der Waals surface area contributed by atoms with Crippen molar-refractivity contribution < 1.29 is 9.53 Å². The zero-order chi connectivity index (χ0) is 14.4. The van der Waals surface area contributed by atoms with Gasteiger partial charge in [0.1, 0.15) is 5.01 Å². The molecule has 0 aromatic carbocycles. The smallest absolute Gasteiger partial charge is 0.308 e. The van der Waals surface area contributed by atoms with Crippen molar-refractivity contribution in [2.24, 2.45) is 5.92 Å². The number of ether oxygens (including phenoxy) is 1. The zero-order valence-electron chi connectivity index (χ0n) is 12.4. The van der Waals surface area contributed by atoms with Crippen LogP contribution in [-0.2, 0) is 22.5 Å². The molecule has 20 heavy (non-hydrogen) atoms. The highest BCUT2D eigenvalue weighted by molar-refractivity contribution is 7.11. The number of carbonyl (C=O) groups excluding carboxylic acids is 1. The Kier molecular flexibility index (Phi) is 5.98. The molecule has 1 aliphatic carbocycles. The second-order valence-electron chi connectivity index (χ2n) is 5.27. The molecule has 0 saturated heterocycles. The Hall–Kier alpha value is -0.940. The molecule has 1 saturated carbocycles. The van der Waals surface area contributed by atoms with Crippen molar-refractivity contribution in [3.05, 3.63) is 16.1 Å². The molecule has 0 amide bonds. The maximum Gasteiger partial charge on any atom is 0.308 e. The third-order valence-electron chi connectivity index (χ3n) is 3.79. The normalized spacial score (nSPS) is 22.7. The summed E-state index contributed by atoms with van der Waals surface area (Å²) >= 11 is 1.77. The maximum atomic E-state index is 11.8. The van der Waals surface area contributed by atoms with E-state index in [0.29, 0.717) is 12.6 Å². The molecular weight excluding hydrogens is 272 g/mol. The molecule has 5 heteroatoms. The highest BCUT2D eigenvalue weighted by Crippen LogP contribution is 2.26. The molecule has 1 heterocycles. The molecule has 4 nitrogen and oxygen atoms in total. The Morgan fingerprint density at radius 1 is 1.50 bits per heavy atom. The molecule has 112 valence electrons. The van der Waals surface area contributed by atoms with Crippen molar-refractivity contribution >= 4 is 17.3 Å². The Bertz CT molecular complexity index is 433. The average Bonchev–Trinajstić information content (AvgIpc) is 2.94. The van der Waals surface area contributed by atoms with Crippen molar-refractivity contribution in [1.82, 2.24) is 10.3 Å². The lowest BCUT2D eigenvalue weighted by atomic mass is 9.86.